The highest BCUT2D eigenvalue weighted by atomic mass is 32.2. The van der Waals surface area contributed by atoms with E-state index in [0.717, 1.165) is 12.1 Å². The summed E-state index contributed by atoms with van der Waals surface area (Å²) in [5.74, 6) is -2.56. The minimum atomic E-state index is -4.45. The second-order valence-electron chi connectivity index (χ2n) is 5.54. The van der Waals surface area contributed by atoms with Gasteiger partial charge >= 0.3 is 5.97 Å². The molecule has 174 valence electrons. The molecule has 0 unspecified atom stereocenters. The van der Waals surface area contributed by atoms with Crippen molar-refractivity contribution in [3.05, 3.63) is 59.7 Å². The molecule has 0 saturated carbocycles. The van der Waals surface area contributed by atoms with E-state index in [1.54, 1.807) is 30.3 Å². The first-order valence-corrected chi connectivity index (χ1v) is 12.6. The number of rotatable bonds is 5. The molecule has 0 bridgehead atoms. The normalized spacial score (nSPS) is 11.4. The largest absolute Gasteiger partial charge is 0.507 e. The maximum atomic E-state index is 10.6. The molecule has 0 aromatic heterocycles. The number of hydrogen-bond acceptors (Lipinski definition) is 8. The Labute approximate surface area is 179 Å². The highest BCUT2D eigenvalue weighted by Gasteiger charge is 2.16. The number of aromatic carboxylic acids is 1. The van der Waals surface area contributed by atoms with Gasteiger partial charge in [-0.3, -0.25) is 13.7 Å². The van der Waals surface area contributed by atoms with Crippen molar-refractivity contribution in [3.63, 3.8) is 0 Å². The molecule has 0 radical (unpaired) electrons. The zero-order valence-electron chi connectivity index (χ0n) is 15.9. The molecule has 0 atom stereocenters. The van der Waals surface area contributed by atoms with E-state index in [9.17, 15) is 30.0 Å². The predicted octanol–water partition coefficient (Wildman–Crippen LogP) is 1.31. The number of phenols is 1. The molecule has 0 heterocycles. The molecule has 5 N–H and O–H groups in total. The van der Waals surface area contributed by atoms with Gasteiger partial charge < -0.3 is 10.2 Å². The van der Waals surface area contributed by atoms with Crippen molar-refractivity contribution in [3.8, 4) is 5.75 Å². The average molecular weight is 501 g/mol. The summed E-state index contributed by atoms with van der Waals surface area (Å²) in [6, 6.07) is 11.0. The van der Waals surface area contributed by atoms with E-state index in [4.69, 9.17) is 23.9 Å². The van der Waals surface area contributed by atoms with Gasteiger partial charge in [0.05, 0.1) is 10.6 Å². The van der Waals surface area contributed by atoms with Crippen molar-refractivity contribution in [1.29, 1.82) is 0 Å². The number of aromatic hydroxyl groups is 1. The van der Waals surface area contributed by atoms with Gasteiger partial charge in [-0.05, 0) is 30.7 Å². The monoisotopic (exact) mass is 500 g/mol. The van der Waals surface area contributed by atoms with E-state index < -0.39 is 52.5 Å². The molecular formula is C16H20O12S3. The smallest absolute Gasteiger partial charge is 0.339 e. The Morgan fingerprint density at radius 2 is 1.32 bits per heavy atom. The van der Waals surface area contributed by atoms with Crippen LogP contribution in [0.15, 0.2) is 53.4 Å². The van der Waals surface area contributed by atoms with Gasteiger partial charge in [0, 0.05) is 0 Å². The number of benzene rings is 2. The molecular weight excluding hydrogens is 480 g/mol. The number of carboxylic acid groups (broad SMARTS) is 1. The van der Waals surface area contributed by atoms with Crippen LogP contribution < -0.4 is 0 Å². The number of carbonyl (C=O) groups is 1. The SMILES string of the molecule is CCS(=O)(=O)O.O=C(O)c1cc(S(=O)(=O)O)ccc1O.O=S(=O)(O)Cc1ccccc1. The highest BCUT2D eigenvalue weighted by molar-refractivity contribution is 7.86. The molecule has 15 heteroatoms. The van der Waals surface area contributed by atoms with Crippen LogP contribution in [0.3, 0.4) is 0 Å². The van der Waals surface area contributed by atoms with Crippen LogP contribution in [0.5, 0.6) is 5.75 Å². The summed E-state index contributed by atoms with van der Waals surface area (Å²) in [5.41, 5.74) is 0.00938. The Kier molecular flexibility index (Phi) is 10.8. The third kappa shape index (κ3) is 13.4. The minimum Gasteiger partial charge on any atom is -0.507 e. The maximum absolute atomic E-state index is 10.6. The van der Waals surface area contributed by atoms with Gasteiger partial charge in [0.15, 0.2) is 0 Å². The fourth-order valence-electron chi connectivity index (χ4n) is 1.63. The second kappa shape index (κ2) is 11.7. The maximum Gasteiger partial charge on any atom is 0.339 e. The lowest BCUT2D eigenvalue weighted by Crippen LogP contribution is -2.02. The minimum absolute atomic E-state index is 0.201. The first-order valence-electron chi connectivity index (χ1n) is 7.94. The van der Waals surface area contributed by atoms with Crippen LogP contribution in [-0.2, 0) is 36.1 Å². The van der Waals surface area contributed by atoms with Gasteiger partial charge in [-0.1, -0.05) is 30.3 Å². The van der Waals surface area contributed by atoms with Crippen molar-refractivity contribution < 1.29 is 53.9 Å². The van der Waals surface area contributed by atoms with Gasteiger partial charge in [-0.2, -0.15) is 25.3 Å². The van der Waals surface area contributed by atoms with Gasteiger partial charge in [0.25, 0.3) is 30.4 Å². The topological polar surface area (TPSA) is 221 Å². The van der Waals surface area contributed by atoms with E-state index in [1.165, 1.54) is 6.92 Å². The number of carboxylic acids is 1. The summed E-state index contributed by atoms with van der Waals surface area (Å²) in [7, 11) is -12.0. The molecule has 12 nitrogen and oxygen atoms in total. The van der Waals surface area contributed by atoms with E-state index in [0.29, 0.717) is 11.6 Å². The quantitative estimate of drug-likeness (QED) is 0.367. The van der Waals surface area contributed by atoms with E-state index in [-0.39, 0.29) is 11.5 Å². The lowest BCUT2D eigenvalue weighted by Gasteiger charge is -2.01. The fraction of sp³-hybridized carbons (Fsp3) is 0.188. The molecule has 2 rings (SSSR count). The van der Waals surface area contributed by atoms with Crippen LogP contribution in [0.4, 0.5) is 0 Å². The third-order valence-corrected chi connectivity index (χ3v) is 5.33. The number of hydrogen-bond donors (Lipinski definition) is 5. The lowest BCUT2D eigenvalue weighted by molar-refractivity contribution is 0.0693. The van der Waals surface area contributed by atoms with Gasteiger partial charge in [-0.15, -0.1) is 0 Å². The van der Waals surface area contributed by atoms with Crippen LogP contribution in [0.1, 0.15) is 22.8 Å². The molecule has 0 fully saturated rings. The first-order chi connectivity index (χ1) is 14.0. The summed E-state index contributed by atoms with van der Waals surface area (Å²) in [6.07, 6.45) is 0. The Hall–Kier alpha value is -2.56. The Morgan fingerprint density at radius 3 is 1.68 bits per heavy atom. The molecule has 0 aliphatic rings. The zero-order chi connectivity index (χ0) is 24.5. The molecule has 31 heavy (non-hydrogen) atoms. The molecule has 0 amide bonds. The molecule has 0 aliphatic heterocycles. The predicted molar refractivity (Wildman–Crippen MR) is 109 cm³/mol. The summed E-state index contributed by atoms with van der Waals surface area (Å²) >= 11 is 0. The van der Waals surface area contributed by atoms with Crippen LogP contribution >= 0.6 is 0 Å². The van der Waals surface area contributed by atoms with E-state index in [1.807, 2.05) is 0 Å². The average Bonchev–Trinajstić information content (AvgIpc) is 2.61. The highest BCUT2D eigenvalue weighted by Crippen LogP contribution is 2.20. The summed E-state index contributed by atoms with van der Waals surface area (Å²) in [4.78, 5) is 9.89. The second-order valence-corrected chi connectivity index (χ2v) is 10.2. The van der Waals surface area contributed by atoms with Crippen LogP contribution in [0.2, 0.25) is 0 Å². The molecule has 0 aliphatic carbocycles. The van der Waals surface area contributed by atoms with Gasteiger partial charge in [-0.25, -0.2) is 4.79 Å². The zero-order valence-corrected chi connectivity index (χ0v) is 18.3. The van der Waals surface area contributed by atoms with Crippen molar-refractivity contribution >= 4 is 36.3 Å². The lowest BCUT2D eigenvalue weighted by atomic mass is 10.2. The van der Waals surface area contributed by atoms with Crippen molar-refractivity contribution in [2.45, 2.75) is 17.6 Å². The first kappa shape index (κ1) is 28.4. The Morgan fingerprint density at radius 1 is 0.839 bits per heavy atom. The molecule has 0 spiro atoms. The third-order valence-electron chi connectivity index (χ3n) is 3.05. The summed E-state index contributed by atoms with van der Waals surface area (Å²) < 4.78 is 85.8. The summed E-state index contributed by atoms with van der Waals surface area (Å²) in [6.45, 7) is 1.37. The Balaban J connectivity index is 0.000000472. The van der Waals surface area contributed by atoms with Gasteiger partial charge in [0.2, 0.25) is 0 Å². The van der Waals surface area contributed by atoms with E-state index in [2.05, 4.69) is 0 Å². The van der Waals surface area contributed by atoms with Crippen molar-refractivity contribution in [2.24, 2.45) is 0 Å². The van der Waals surface area contributed by atoms with Crippen molar-refractivity contribution in [1.82, 2.24) is 0 Å². The van der Waals surface area contributed by atoms with Crippen LogP contribution in [0, 0.1) is 0 Å². The van der Waals surface area contributed by atoms with Crippen molar-refractivity contribution in [2.75, 3.05) is 5.75 Å². The van der Waals surface area contributed by atoms with Gasteiger partial charge in [0.1, 0.15) is 17.1 Å². The Bertz CT molecular complexity index is 1190. The van der Waals surface area contributed by atoms with Crippen LogP contribution in [0.25, 0.3) is 0 Å². The molecule has 0 saturated heterocycles. The fourth-order valence-corrected chi connectivity index (χ4v) is 2.75. The molecule has 2 aromatic carbocycles. The summed E-state index contributed by atoms with van der Waals surface area (Å²) in [5, 5.41) is 17.5. The van der Waals surface area contributed by atoms with Crippen LogP contribution in [-0.4, -0.2) is 60.8 Å². The van der Waals surface area contributed by atoms with E-state index >= 15 is 0 Å². The molecule has 2 aromatic rings. The standard InChI is InChI=1S/C7H6O6S.C7H8O3S.C2H6O3S/c8-6-2-1-4(14(11,12)13)3-5(6)7(9)10;8-11(9,10)6-7-4-2-1-3-5-7;1-2-6(3,4)5/h1-3,8H,(H,9,10)(H,11,12,13);1-5H,6H2,(H,8,9,10);2H2,1H3,(H,3,4,5).